The molecule has 0 amide bonds. The van der Waals surface area contributed by atoms with Gasteiger partial charge < -0.3 is 4.90 Å². The van der Waals surface area contributed by atoms with Crippen LogP contribution in [-0.2, 0) is 6.42 Å². The van der Waals surface area contributed by atoms with E-state index in [1.807, 2.05) is 12.1 Å². The average Bonchev–Trinajstić information content (AvgIpc) is 2.93. The Morgan fingerprint density at radius 2 is 2.00 bits per heavy atom. The first-order valence-electron chi connectivity index (χ1n) is 7.07. The van der Waals surface area contributed by atoms with Crippen molar-refractivity contribution in [3.8, 4) is 0 Å². The van der Waals surface area contributed by atoms with Crippen molar-refractivity contribution in [2.75, 3.05) is 18.0 Å². The number of ketones is 1. The molecule has 3 heteroatoms. The van der Waals surface area contributed by atoms with E-state index in [0.717, 1.165) is 23.5 Å². The summed E-state index contributed by atoms with van der Waals surface area (Å²) in [5.41, 5.74) is 2.34. The molecule has 1 aromatic heterocycles. The number of anilines is 1. The average molecular weight is 287 g/mol. The number of rotatable bonds is 6. The third-order valence-corrected chi connectivity index (χ3v) is 4.64. The number of hydrogen-bond donors (Lipinski definition) is 0. The van der Waals surface area contributed by atoms with Crippen LogP contribution in [0.1, 0.15) is 34.0 Å². The van der Waals surface area contributed by atoms with E-state index in [-0.39, 0.29) is 5.78 Å². The SMILES string of the molecule is CCc1ccc(C(=O)CN(CC)c2cccc(C)c2)s1. The number of nitrogens with zero attached hydrogens (tertiary/aromatic N) is 1. The molecule has 2 rings (SSSR count). The highest BCUT2D eigenvalue weighted by Crippen LogP contribution is 2.20. The monoisotopic (exact) mass is 287 g/mol. The molecule has 0 aliphatic carbocycles. The standard InChI is InChI=1S/C17H21NOS/c1-4-15-9-10-17(20-15)16(19)12-18(5-2)14-8-6-7-13(3)11-14/h6-11H,4-5,12H2,1-3H3. The first kappa shape index (κ1) is 14.8. The maximum Gasteiger partial charge on any atom is 0.191 e. The van der Waals surface area contributed by atoms with Crippen molar-refractivity contribution in [3.05, 3.63) is 51.7 Å². The molecule has 0 atom stereocenters. The zero-order valence-corrected chi connectivity index (χ0v) is 13.2. The number of hydrogen-bond acceptors (Lipinski definition) is 3. The van der Waals surface area contributed by atoms with E-state index in [0.29, 0.717) is 6.54 Å². The highest BCUT2D eigenvalue weighted by atomic mass is 32.1. The molecule has 1 aromatic carbocycles. The third kappa shape index (κ3) is 3.48. The summed E-state index contributed by atoms with van der Waals surface area (Å²) in [6.45, 7) is 7.56. The van der Waals surface area contributed by atoms with Gasteiger partial charge in [0.15, 0.2) is 5.78 Å². The lowest BCUT2D eigenvalue weighted by molar-refractivity contribution is 0.100. The first-order valence-corrected chi connectivity index (χ1v) is 7.89. The maximum absolute atomic E-state index is 12.4. The number of Topliss-reactive ketones (excluding diaryl/α,β-unsaturated/α-hetero) is 1. The zero-order chi connectivity index (χ0) is 14.5. The third-order valence-electron chi connectivity index (χ3n) is 3.37. The molecular formula is C17H21NOS. The quantitative estimate of drug-likeness (QED) is 0.737. The molecule has 0 aliphatic rings. The normalized spacial score (nSPS) is 10.6. The summed E-state index contributed by atoms with van der Waals surface area (Å²) in [6, 6.07) is 12.3. The molecule has 1 heterocycles. The molecule has 0 saturated carbocycles. The molecular weight excluding hydrogens is 266 g/mol. The summed E-state index contributed by atoms with van der Waals surface area (Å²) in [6.07, 6.45) is 0.993. The minimum absolute atomic E-state index is 0.207. The summed E-state index contributed by atoms with van der Waals surface area (Å²) >= 11 is 1.62. The van der Waals surface area contributed by atoms with Crippen LogP contribution in [0.4, 0.5) is 5.69 Å². The zero-order valence-electron chi connectivity index (χ0n) is 12.3. The van der Waals surface area contributed by atoms with Gasteiger partial charge in [0.1, 0.15) is 0 Å². The van der Waals surface area contributed by atoms with E-state index < -0.39 is 0 Å². The fourth-order valence-corrected chi connectivity index (χ4v) is 3.06. The highest BCUT2D eigenvalue weighted by Gasteiger charge is 2.14. The Hall–Kier alpha value is -1.61. The molecule has 2 nitrogen and oxygen atoms in total. The highest BCUT2D eigenvalue weighted by molar-refractivity contribution is 7.14. The number of aryl methyl sites for hydroxylation is 2. The van der Waals surface area contributed by atoms with E-state index in [2.05, 4.69) is 49.9 Å². The van der Waals surface area contributed by atoms with Crippen LogP contribution in [0, 0.1) is 6.92 Å². The predicted octanol–water partition coefficient (Wildman–Crippen LogP) is 4.33. The van der Waals surface area contributed by atoms with Gasteiger partial charge in [-0.1, -0.05) is 19.1 Å². The molecule has 0 fully saturated rings. The molecule has 106 valence electrons. The van der Waals surface area contributed by atoms with Gasteiger partial charge in [-0.05, 0) is 50.1 Å². The van der Waals surface area contributed by atoms with Crippen LogP contribution in [0.5, 0.6) is 0 Å². The van der Waals surface area contributed by atoms with Crippen molar-refractivity contribution in [1.82, 2.24) is 0 Å². The maximum atomic E-state index is 12.4. The summed E-state index contributed by atoms with van der Waals surface area (Å²) in [4.78, 5) is 16.6. The van der Waals surface area contributed by atoms with Gasteiger partial charge >= 0.3 is 0 Å². The Balaban J connectivity index is 2.11. The Morgan fingerprint density at radius 1 is 1.20 bits per heavy atom. The van der Waals surface area contributed by atoms with E-state index in [1.165, 1.54) is 10.4 Å². The fourth-order valence-electron chi connectivity index (χ4n) is 2.18. The van der Waals surface area contributed by atoms with Crippen molar-refractivity contribution in [3.63, 3.8) is 0 Å². The van der Waals surface area contributed by atoms with Crippen LogP contribution in [0.2, 0.25) is 0 Å². The minimum Gasteiger partial charge on any atom is -0.364 e. The lowest BCUT2D eigenvalue weighted by Crippen LogP contribution is -2.29. The smallest absolute Gasteiger partial charge is 0.191 e. The number of likely N-dealkylation sites (N-methyl/N-ethyl adjacent to an activating group) is 1. The molecule has 0 spiro atoms. The van der Waals surface area contributed by atoms with Gasteiger partial charge in [-0.25, -0.2) is 0 Å². The molecule has 0 aliphatic heterocycles. The Bertz CT molecular complexity index is 588. The molecule has 2 aromatic rings. The number of carbonyl (C=O) groups excluding carboxylic acids is 1. The second-order valence-corrected chi connectivity index (χ2v) is 6.06. The number of carbonyl (C=O) groups is 1. The topological polar surface area (TPSA) is 20.3 Å². The van der Waals surface area contributed by atoms with Gasteiger partial charge in [-0.3, -0.25) is 4.79 Å². The van der Waals surface area contributed by atoms with E-state index in [1.54, 1.807) is 11.3 Å². The van der Waals surface area contributed by atoms with Gasteiger partial charge in [-0.15, -0.1) is 11.3 Å². The summed E-state index contributed by atoms with van der Waals surface area (Å²) in [7, 11) is 0. The molecule has 0 radical (unpaired) electrons. The predicted molar refractivity (Wildman–Crippen MR) is 87.1 cm³/mol. The summed E-state index contributed by atoms with van der Waals surface area (Å²) < 4.78 is 0. The molecule has 0 N–H and O–H groups in total. The first-order chi connectivity index (χ1) is 9.63. The summed E-state index contributed by atoms with van der Waals surface area (Å²) in [5, 5.41) is 0. The van der Waals surface area contributed by atoms with Crippen molar-refractivity contribution in [2.45, 2.75) is 27.2 Å². The second kappa shape index (κ2) is 6.71. The fraction of sp³-hybridized carbons (Fsp3) is 0.353. The lowest BCUT2D eigenvalue weighted by atomic mass is 10.2. The molecule has 0 saturated heterocycles. The molecule has 20 heavy (non-hydrogen) atoms. The Morgan fingerprint density at radius 3 is 2.60 bits per heavy atom. The van der Waals surface area contributed by atoms with Gasteiger partial charge in [0.2, 0.25) is 0 Å². The molecule has 0 bridgehead atoms. The van der Waals surface area contributed by atoms with Crippen LogP contribution in [0.3, 0.4) is 0 Å². The van der Waals surface area contributed by atoms with E-state index >= 15 is 0 Å². The summed E-state index contributed by atoms with van der Waals surface area (Å²) in [5.74, 6) is 0.207. The van der Waals surface area contributed by atoms with E-state index in [4.69, 9.17) is 0 Å². The van der Waals surface area contributed by atoms with Crippen LogP contribution in [0.15, 0.2) is 36.4 Å². The van der Waals surface area contributed by atoms with Crippen molar-refractivity contribution >= 4 is 22.8 Å². The van der Waals surface area contributed by atoms with Gasteiger partial charge in [0.05, 0.1) is 11.4 Å². The largest absolute Gasteiger partial charge is 0.364 e. The second-order valence-electron chi connectivity index (χ2n) is 4.90. The van der Waals surface area contributed by atoms with Gasteiger partial charge in [0, 0.05) is 17.1 Å². The lowest BCUT2D eigenvalue weighted by Gasteiger charge is -2.22. The van der Waals surface area contributed by atoms with Crippen molar-refractivity contribution in [1.29, 1.82) is 0 Å². The van der Waals surface area contributed by atoms with Gasteiger partial charge in [-0.2, -0.15) is 0 Å². The molecule has 0 unspecified atom stereocenters. The van der Waals surface area contributed by atoms with Crippen molar-refractivity contribution < 1.29 is 4.79 Å². The van der Waals surface area contributed by atoms with Crippen LogP contribution in [0.25, 0.3) is 0 Å². The number of thiophene rings is 1. The Labute approximate surface area is 125 Å². The minimum atomic E-state index is 0.207. The van der Waals surface area contributed by atoms with Crippen molar-refractivity contribution in [2.24, 2.45) is 0 Å². The number of benzene rings is 1. The van der Waals surface area contributed by atoms with Crippen LogP contribution < -0.4 is 4.90 Å². The van der Waals surface area contributed by atoms with Gasteiger partial charge in [0.25, 0.3) is 0 Å². The Kier molecular flexibility index (Phi) is 4.96. The van der Waals surface area contributed by atoms with E-state index in [9.17, 15) is 4.79 Å². The van der Waals surface area contributed by atoms with Crippen LogP contribution in [-0.4, -0.2) is 18.9 Å². The van der Waals surface area contributed by atoms with Crippen LogP contribution >= 0.6 is 11.3 Å².